The fourth-order valence-electron chi connectivity index (χ4n) is 2.59. The monoisotopic (exact) mass is 342 g/mol. The summed E-state index contributed by atoms with van der Waals surface area (Å²) in [7, 11) is -2.55. The third kappa shape index (κ3) is 3.44. The average molecular weight is 342 g/mol. The highest BCUT2D eigenvalue weighted by atomic mass is 32.2. The third-order valence-corrected chi connectivity index (χ3v) is 5.18. The van der Waals surface area contributed by atoms with Crippen molar-refractivity contribution in [1.82, 2.24) is 0 Å². The van der Waals surface area contributed by atoms with Gasteiger partial charge in [-0.3, -0.25) is 4.18 Å². The van der Waals surface area contributed by atoms with Gasteiger partial charge in [0, 0.05) is 5.22 Å². The van der Waals surface area contributed by atoms with Gasteiger partial charge in [0.05, 0.1) is 23.4 Å². The summed E-state index contributed by atoms with van der Waals surface area (Å²) in [6.45, 7) is 2.18. The average Bonchev–Trinajstić information content (AvgIpc) is 2.60. The van der Waals surface area contributed by atoms with Crippen molar-refractivity contribution in [2.45, 2.75) is 18.2 Å². The first kappa shape index (κ1) is 16.5. The molecule has 0 bridgehead atoms. The molecule has 0 heterocycles. The van der Waals surface area contributed by atoms with Gasteiger partial charge in [-0.05, 0) is 47.9 Å². The minimum atomic E-state index is -3.68. The molecule has 5 nitrogen and oxygen atoms in total. The van der Waals surface area contributed by atoms with E-state index in [1.807, 2.05) is 12.1 Å². The van der Waals surface area contributed by atoms with Crippen LogP contribution in [0, 0.1) is 5.92 Å². The van der Waals surface area contributed by atoms with Crippen molar-refractivity contribution >= 4 is 33.6 Å². The quantitative estimate of drug-likeness (QED) is 0.633. The van der Waals surface area contributed by atoms with Gasteiger partial charge >= 0.3 is 0 Å². The molecule has 0 N–H and O–H groups in total. The molecular formula is C18H18N2O3S. The summed E-state index contributed by atoms with van der Waals surface area (Å²) in [5.41, 5.74) is 1.39. The van der Waals surface area contributed by atoms with Gasteiger partial charge in [-0.1, -0.05) is 31.2 Å². The third-order valence-electron chi connectivity index (χ3n) is 3.89. The zero-order chi connectivity index (χ0) is 17.2. The Labute approximate surface area is 141 Å². The lowest BCUT2D eigenvalue weighted by Crippen LogP contribution is -2.28. The second-order valence-electron chi connectivity index (χ2n) is 5.68. The van der Waals surface area contributed by atoms with E-state index in [1.165, 1.54) is 17.4 Å². The van der Waals surface area contributed by atoms with Gasteiger partial charge in [0.2, 0.25) is 0 Å². The topological polar surface area (TPSA) is 68.1 Å². The second kappa shape index (κ2) is 6.67. The van der Waals surface area contributed by atoms with Crippen molar-refractivity contribution in [2.24, 2.45) is 16.1 Å². The van der Waals surface area contributed by atoms with Crippen LogP contribution in [-0.2, 0) is 14.3 Å². The van der Waals surface area contributed by atoms with Gasteiger partial charge in [0.1, 0.15) is 0 Å². The molecule has 1 atom stereocenters. The summed E-state index contributed by atoms with van der Waals surface area (Å²) in [5.74, 6) is 0.528. The lowest BCUT2D eigenvalue weighted by Gasteiger charge is -2.08. The van der Waals surface area contributed by atoms with Crippen molar-refractivity contribution in [3.63, 3.8) is 0 Å². The van der Waals surface area contributed by atoms with E-state index >= 15 is 0 Å². The molecule has 2 aromatic carbocycles. The minimum Gasteiger partial charge on any atom is -0.270 e. The molecule has 0 aliphatic heterocycles. The highest BCUT2D eigenvalue weighted by Crippen LogP contribution is 2.20. The standard InChI is InChI=1S/C18H18N2O3S/c1-13-6-11-17-14(12-13)4-3-5-18(17)20-19-15-7-9-16(10-8-15)24(21,22)23-2/h3-5,7-13H,6H2,1-2H3. The number of hydrogen-bond acceptors (Lipinski definition) is 5. The number of benzene rings is 2. The van der Waals surface area contributed by atoms with Gasteiger partial charge in [0.15, 0.2) is 0 Å². The number of rotatable bonds is 4. The van der Waals surface area contributed by atoms with Gasteiger partial charge in [-0.25, -0.2) is 0 Å². The van der Waals surface area contributed by atoms with Crippen LogP contribution in [-0.4, -0.2) is 15.5 Å². The van der Waals surface area contributed by atoms with E-state index in [0.29, 0.717) is 11.6 Å². The molecule has 1 aliphatic carbocycles. The first-order valence-electron chi connectivity index (χ1n) is 7.63. The van der Waals surface area contributed by atoms with Crippen molar-refractivity contribution in [3.05, 3.63) is 52.9 Å². The molecule has 1 unspecified atom stereocenters. The molecular weight excluding hydrogens is 324 g/mol. The highest BCUT2D eigenvalue weighted by molar-refractivity contribution is 7.86. The van der Waals surface area contributed by atoms with Crippen molar-refractivity contribution in [1.29, 1.82) is 0 Å². The number of fused-ring (bicyclic) bond motifs is 1. The Balaban J connectivity index is 1.91. The lowest BCUT2D eigenvalue weighted by atomic mass is 9.98. The van der Waals surface area contributed by atoms with Crippen LogP contribution in [0.1, 0.15) is 13.3 Å². The van der Waals surface area contributed by atoms with Crippen LogP contribution in [0.15, 0.2) is 57.6 Å². The normalized spacial score (nSPS) is 17.2. The van der Waals surface area contributed by atoms with E-state index in [9.17, 15) is 8.42 Å². The Morgan fingerprint density at radius 3 is 2.54 bits per heavy atom. The molecule has 2 aromatic rings. The summed E-state index contributed by atoms with van der Waals surface area (Å²) < 4.78 is 27.7. The first-order chi connectivity index (χ1) is 11.5. The van der Waals surface area contributed by atoms with Gasteiger partial charge in [0.25, 0.3) is 10.1 Å². The van der Waals surface area contributed by atoms with E-state index < -0.39 is 10.1 Å². The van der Waals surface area contributed by atoms with E-state index in [2.05, 4.69) is 39.6 Å². The van der Waals surface area contributed by atoms with Crippen LogP contribution < -0.4 is 10.4 Å². The van der Waals surface area contributed by atoms with Crippen LogP contribution in [0.2, 0.25) is 0 Å². The summed E-state index contributed by atoms with van der Waals surface area (Å²) in [6.07, 6.45) is 5.41. The van der Waals surface area contributed by atoms with Crippen LogP contribution in [0.25, 0.3) is 12.2 Å². The van der Waals surface area contributed by atoms with Gasteiger partial charge in [-0.2, -0.15) is 13.5 Å². The Morgan fingerprint density at radius 1 is 1.08 bits per heavy atom. The van der Waals surface area contributed by atoms with Crippen LogP contribution >= 0.6 is 0 Å². The first-order valence-corrected chi connectivity index (χ1v) is 9.04. The summed E-state index contributed by atoms with van der Waals surface area (Å²) in [5, 5.41) is 10.8. The van der Waals surface area contributed by atoms with E-state index in [1.54, 1.807) is 12.1 Å². The molecule has 24 heavy (non-hydrogen) atoms. The zero-order valence-corrected chi connectivity index (χ0v) is 14.3. The zero-order valence-electron chi connectivity index (χ0n) is 13.5. The Bertz CT molecular complexity index is 994. The molecule has 0 spiro atoms. The highest BCUT2D eigenvalue weighted by Gasteiger charge is 2.12. The molecule has 3 rings (SSSR count). The predicted molar refractivity (Wildman–Crippen MR) is 93.2 cm³/mol. The summed E-state index contributed by atoms with van der Waals surface area (Å²) in [6, 6.07) is 12.1. The molecule has 0 amide bonds. The molecule has 0 saturated heterocycles. The SMILES string of the molecule is COS(=O)(=O)c1ccc(N=Nc2cccc3c2=CCC(C)C=3)cc1. The van der Waals surface area contributed by atoms with E-state index in [-0.39, 0.29) is 4.90 Å². The lowest BCUT2D eigenvalue weighted by molar-refractivity contribution is 0.398. The Hall–Kier alpha value is -2.31. The van der Waals surface area contributed by atoms with Crippen molar-refractivity contribution < 1.29 is 12.6 Å². The minimum absolute atomic E-state index is 0.0953. The number of hydrogen-bond donors (Lipinski definition) is 0. The van der Waals surface area contributed by atoms with Crippen molar-refractivity contribution in [3.8, 4) is 0 Å². The van der Waals surface area contributed by atoms with E-state index in [0.717, 1.165) is 24.4 Å². The maximum atomic E-state index is 11.6. The van der Waals surface area contributed by atoms with Crippen LogP contribution in [0.4, 0.5) is 11.4 Å². The smallest absolute Gasteiger partial charge is 0.270 e. The fraction of sp³-hybridized carbons (Fsp3) is 0.222. The Kier molecular flexibility index (Phi) is 4.59. The number of azo groups is 1. The molecule has 0 fully saturated rings. The molecule has 0 saturated carbocycles. The van der Waals surface area contributed by atoms with Gasteiger partial charge < -0.3 is 0 Å². The molecule has 0 radical (unpaired) electrons. The summed E-state index contributed by atoms with van der Waals surface area (Å²) in [4.78, 5) is 0.0953. The molecule has 6 heteroatoms. The molecule has 1 aliphatic rings. The fourth-order valence-corrected chi connectivity index (χ4v) is 3.25. The van der Waals surface area contributed by atoms with E-state index in [4.69, 9.17) is 0 Å². The summed E-state index contributed by atoms with van der Waals surface area (Å²) >= 11 is 0. The molecule has 0 aromatic heterocycles. The second-order valence-corrected chi connectivity index (χ2v) is 7.39. The van der Waals surface area contributed by atoms with Crippen molar-refractivity contribution in [2.75, 3.05) is 7.11 Å². The largest absolute Gasteiger partial charge is 0.296 e. The van der Waals surface area contributed by atoms with Gasteiger partial charge in [-0.15, -0.1) is 5.11 Å². The van der Waals surface area contributed by atoms with Crippen LogP contribution in [0.5, 0.6) is 0 Å². The maximum absolute atomic E-state index is 11.6. The maximum Gasteiger partial charge on any atom is 0.296 e. The number of nitrogens with zero attached hydrogens (tertiary/aromatic N) is 2. The van der Waals surface area contributed by atoms with Crippen LogP contribution in [0.3, 0.4) is 0 Å². The Morgan fingerprint density at radius 2 is 1.83 bits per heavy atom. The molecule has 124 valence electrons. The predicted octanol–water partition coefficient (Wildman–Crippen LogP) is 3.04.